The number of benzene rings is 1. The lowest BCUT2D eigenvalue weighted by atomic mass is 10.1. The van der Waals surface area contributed by atoms with E-state index >= 15 is 0 Å². The van der Waals surface area contributed by atoms with Crippen molar-refractivity contribution in [1.29, 1.82) is 0 Å². The molecule has 0 spiro atoms. The number of rotatable bonds is 4. The molecule has 5 rings (SSSR count). The summed E-state index contributed by atoms with van der Waals surface area (Å²) < 4.78 is 5.50. The van der Waals surface area contributed by atoms with Gasteiger partial charge in [-0.2, -0.15) is 0 Å². The minimum Gasteiger partial charge on any atom is -0.378 e. The molecule has 0 atom stereocenters. The number of para-hydroxylation sites is 1. The number of aryl methyl sites for hydroxylation is 2. The van der Waals surface area contributed by atoms with Crippen LogP contribution in [0.4, 0.5) is 11.5 Å². The van der Waals surface area contributed by atoms with Crippen LogP contribution in [-0.2, 0) is 24.1 Å². The predicted octanol–water partition coefficient (Wildman–Crippen LogP) is 3.63. The van der Waals surface area contributed by atoms with Crippen molar-refractivity contribution >= 4 is 33.1 Å². The molecule has 3 heterocycles. The number of nitrogens with one attached hydrogen (secondary N) is 1. The summed E-state index contributed by atoms with van der Waals surface area (Å²) in [6.07, 6.45) is 5.28. The first kappa shape index (κ1) is 16.0. The van der Waals surface area contributed by atoms with Gasteiger partial charge in [-0.3, -0.25) is 0 Å². The van der Waals surface area contributed by atoms with Crippen LogP contribution in [0.2, 0.25) is 0 Å². The summed E-state index contributed by atoms with van der Waals surface area (Å²) in [7, 11) is 0. The maximum atomic E-state index is 5.50. The van der Waals surface area contributed by atoms with Gasteiger partial charge in [0.15, 0.2) is 0 Å². The second kappa shape index (κ2) is 6.85. The molecule has 1 fully saturated rings. The molecule has 0 bridgehead atoms. The quantitative estimate of drug-likeness (QED) is 0.764. The minimum atomic E-state index is 0.768. The largest absolute Gasteiger partial charge is 0.378 e. The predicted molar refractivity (Wildman–Crippen MR) is 106 cm³/mol. The Morgan fingerprint density at radius 3 is 2.92 bits per heavy atom. The molecule has 0 amide bonds. The summed E-state index contributed by atoms with van der Waals surface area (Å²) in [6, 6.07) is 8.64. The molecule has 26 heavy (non-hydrogen) atoms. The molecule has 2 aromatic heterocycles. The number of aromatic nitrogens is 2. The average Bonchev–Trinajstić information content (AvgIpc) is 3.28. The Kier molecular flexibility index (Phi) is 4.22. The molecule has 1 aromatic carbocycles. The van der Waals surface area contributed by atoms with Crippen molar-refractivity contribution < 1.29 is 4.74 Å². The minimum absolute atomic E-state index is 0.768. The van der Waals surface area contributed by atoms with E-state index in [0.717, 1.165) is 49.9 Å². The molecule has 1 aliphatic heterocycles. The fourth-order valence-electron chi connectivity index (χ4n) is 4.01. The Morgan fingerprint density at radius 2 is 2.00 bits per heavy atom. The lowest BCUT2D eigenvalue weighted by molar-refractivity contribution is 0.122. The van der Waals surface area contributed by atoms with Gasteiger partial charge in [-0.1, -0.05) is 18.2 Å². The molecular weight excluding hydrogens is 344 g/mol. The summed E-state index contributed by atoms with van der Waals surface area (Å²) in [4.78, 5) is 14.1. The van der Waals surface area contributed by atoms with Gasteiger partial charge in [0.25, 0.3) is 0 Å². The highest BCUT2D eigenvalue weighted by Gasteiger charge is 2.21. The molecule has 0 saturated carbocycles. The molecule has 2 aliphatic rings. The third kappa shape index (κ3) is 2.83. The lowest BCUT2D eigenvalue weighted by Crippen LogP contribution is -2.36. The lowest BCUT2D eigenvalue weighted by Gasteiger charge is -2.30. The van der Waals surface area contributed by atoms with E-state index < -0.39 is 0 Å². The third-order valence-corrected chi connectivity index (χ3v) is 6.49. The van der Waals surface area contributed by atoms with E-state index in [1.807, 2.05) is 11.3 Å². The van der Waals surface area contributed by atoms with E-state index in [-0.39, 0.29) is 0 Å². The third-order valence-electron chi connectivity index (χ3n) is 5.29. The standard InChI is InChI=1S/C20H22N4OS/c1-2-6-16(24-8-10-25-11-9-24)14(4-1)12-21-19-18-15-5-3-7-17(15)26-20(18)23-13-22-19/h1-2,4,6,13H,3,5,7-12H2,(H,21,22,23). The van der Waals surface area contributed by atoms with Crippen LogP contribution in [0.5, 0.6) is 0 Å². The molecule has 134 valence electrons. The van der Waals surface area contributed by atoms with Crippen molar-refractivity contribution in [2.24, 2.45) is 0 Å². The first-order valence-corrected chi connectivity index (χ1v) is 10.1. The van der Waals surface area contributed by atoms with Crippen LogP contribution < -0.4 is 10.2 Å². The van der Waals surface area contributed by atoms with Gasteiger partial charge in [0.1, 0.15) is 17.0 Å². The zero-order valence-corrected chi connectivity index (χ0v) is 15.5. The maximum Gasteiger partial charge on any atom is 0.138 e. The van der Waals surface area contributed by atoms with Gasteiger partial charge in [0.2, 0.25) is 0 Å². The van der Waals surface area contributed by atoms with E-state index in [0.29, 0.717) is 0 Å². The van der Waals surface area contributed by atoms with Gasteiger partial charge in [-0.25, -0.2) is 9.97 Å². The summed E-state index contributed by atoms with van der Waals surface area (Å²) in [6.45, 7) is 4.27. The fraction of sp³-hybridized carbons (Fsp3) is 0.400. The van der Waals surface area contributed by atoms with Crippen LogP contribution in [-0.4, -0.2) is 36.3 Å². The summed E-state index contributed by atoms with van der Waals surface area (Å²) in [5.74, 6) is 0.978. The monoisotopic (exact) mass is 366 g/mol. The molecule has 0 unspecified atom stereocenters. The molecule has 3 aromatic rings. The van der Waals surface area contributed by atoms with Crippen molar-refractivity contribution in [2.75, 3.05) is 36.5 Å². The van der Waals surface area contributed by atoms with Gasteiger partial charge in [-0.05, 0) is 36.5 Å². The summed E-state index contributed by atoms with van der Waals surface area (Å²) >= 11 is 1.83. The molecule has 1 saturated heterocycles. The number of hydrogen-bond acceptors (Lipinski definition) is 6. The molecule has 0 radical (unpaired) electrons. The van der Waals surface area contributed by atoms with E-state index in [9.17, 15) is 0 Å². The second-order valence-corrected chi connectivity index (χ2v) is 7.93. The number of hydrogen-bond donors (Lipinski definition) is 1. The zero-order valence-electron chi connectivity index (χ0n) is 14.7. The first-order chi connectivity index (χ1) is 12.9. The average molecular weight is 366 g/mol. The number of anilines is 2. The highest BCUT2D eigenvalue weighted by molar-refractivity contribution is 7.19. The topological polar surface area (TPSA) is 50.3 Å². The van der Waals surface area contributed by atoms with Gasteiger partial charge in [0, 0.05) is 30.2 Å². The summed E-state index contributed by atoms with van der Waals surface area (Å²) in [5, 5.41) is 4.84. The van der Waals surface area contributed by atoms with Crippen LogP contribution in [0, 0.1) is 0 Å². The van der Waals surface area contributed by atoms with Crippen LogP contribution in [0.15, 0.2) is 30.6 Å². The maximum absolute atomic E-state index is 5.50. The number of morpholine rings is 1. The van der Waals surface area contributed by atoms with Crippen molar-refractivity contribution in [1.82, 2.24) is 9.97 Å². The van der Waals surface area contributed by atoms with Crippen molar-refractivity contribution in [3.8, 4) is 0 Å². The highest BCUT2D eigenvalue weighted by Crippen LogP contribution is 2.39. The van der Waals surface area contributed by atoms with E-state index in [2.05, 4.69) is 44.5 Å². The zero-order chi connectivity index (χ0) is 17.3. The number of thiophene rings is 1. The van der Waals surface area contributed by atoms with Crippen molar-refractivity contribution in [2.45, 2.75) is 25.8 Å². The number of ether oxygens (including phenoxy) is 1. The van der Waals surface area contributed by atoms with Gasteiger partial charge >= 0.3 is 0 Å². The Labute approximate surface area is 157 Å². The van der Waals surface area contributed by atoms with Crippen molar-refractivity contribution in [3.63, 3.8) is 0 Å². The van der Waals surface area contributed by atoms with Gasteiger partial charge < -0.3 is 15.0 Å². The van der Waals surface area contributed by atoms with Crippen LogP contribution in [0.1, 0.15) is 22.4 Å². The number of nitrogens with zero attached hydrogens (tertiary/aromatic N) is 3. The number of fused-ring (bicyclic) bond motifs is 3. The normalized spacial score (nSPS) is 16.8. The van der Waals surface area contributed by atoms with Crippen LogP contribution in [0.3, 0.4) is 0 Å². The smallest absolute Gasteiger partial charge is 0.138 e. The van der Waals surface area contributed by atoms with Crippen molar-refractivity contribution in [3.05, 3.63) is 46.6 Å². The summed E-state index contributed by atoms with van der Waals surface area (Å²) in [5.41, 5.74) is 4.06. The van der Waals surface area contributed by atoms with Gasteiger partial charge in [-0.15, -0.1) is 11.3 Å². The van der Waals surface area contributed by atoms with E-state index in [4.69, 9.17) is 4.74 Å². The SMILES string of the molecule is c1ccc(N2CCOCC2)c(CNc2ncnc3sc4c(c23)CCC4)c1. The molecule has 1 aliphatic carbocycles. The Balaban J connectivity index is 1.43. The second-order valence-electron chi connectivity index (χ2n) is 6.84. The molecule has 5 nitrogen and oxygen atoms in total. The van der Waals surface area contributed by atoms with Crippen LogP contribution in [0.25, 0.3) is 10.2 Å². The molecule has 6 heteroatoms. The molecule has 1 N–H and O–H groups in total. The van der Waals surface area contributed by atoms with E-state index in [1.54, 1.807) is 6.33 Å². The Bertz CT molecular complexity index is 933. The molecular formula is C20H22N4OS. The fourth-order valence-corrected chi connectivity index (χ4v) is 5.24. The van der Waals surface area contributed by atoms with E-state index in [1.165, 1.54) is 39.9 Å². The Morgan fingerprint density at radius 1 is 1.12 bits per heavy atom. The van der Waals surface area contributed by atoms with Crippen LogP contribution >= 0.6 is 11.3 Å². The highest BCUT2D eigenvalue weighted by atomic mass is 32.1. The first-order valence-electron chi connectivity index (χ1n) is 9.30. The Hall–Kier alpha value is -2.18. The van der Waals surface area contributed by atoms with Gasteiger partial charge in [0.05, 0.1) is 18.6 Å².